The normalized spacial score (nSPS) is 10.6. The minimum absolute atomic E-state index is 0.0808. The molecule has 0 saturated heterocycles. The van der Waals surface area contributed by atoms with Crippen molar-refractivity contribution < 1.29 is 4.74 Å². The SMILES string of the molecule is CCSCn1c(Nc2ccc(C)cc2)nnc(COc2ccccc2)c1=O. The molecule has 6 nitrogen and oxygen atoms in total. The molecule has 0 radical (unpaired) electrons. The maximum absolute atomic E-state index is 12.9. The number of aryl methyl sites for hydroxylation is 1. The molecule has 0 aliphatic rings. The fraction of sp³-hybridized carbons (Fsp3) is 0.250. The van der Waals surface area contributed by atoms with Crippen molar-refractivity contribution in [2.24, 2.45) is 0 Å². The van der Waals surface area contributed by atoms with Crippen LogP contribution in [0.1, 0.15) is 18.2 Å². The quantitative estimate of drug-likeness (QED) is 0.635. The van der Waals surface area contributed by atoms with Crippen molar-refractivity contribution in [3.63, 3.8) is 0 Å². The molecule has 3 aromatic rings. The number of hydrogen-bond donors (Lipinski definition) is 1. The van der Waals surface area contributed by atoms with Gasteiger partial charge in [-0.15, -0.1) is 22.0 Å². The van der Waals surface area contributed by atoms with Crippen molar-refractivity contribution in [2.75, 3.05) is 11.1 Å². The van der Waals surface area contributed by atoms with Crippen molar-refractivity contribution in [3.8, 4) is 5.75 Å². The first kappa shape index (κ1) is 19.0. The predicted molar refractivity (Wildman–Crippen MR) is 110 cm³/mol. The highest BCUT2D eigenvalue weighted by atomic mass is 32.2. The van der Waals surface area contributed by atoms with Gasteiger partial charge in [0.15, 0.2) is 5.69 Å². The highest BCUT2D eigenvalue weighted by Gasteiger charge is 2.13. The molecule has 1 heterocycles. The fourth-order valence-corrected chi connectivity index (χ4v) is 2.98. The maximum Gasteiger partial charge on any atom is 0.281 e. The Labute approximate surface area is 162 Å². The Kier molecular flexibility index (Phi) is 6.49. The van der Waals surface area contributed by atoms with Gasteiger partial charge in [-0.3, -0.25) is 9.36 Å². The summed E-state index contributed by atoms with van der Waals surface area (Å²) in [5.41, 5.74) is 2.11. The van der Waals surface area contributed by atoms with Crippen molar-refractivity contribution in [2.45, 2.75) is 26.3 Å². The molecule has 1 N–H and O–H groups in total. The summed E-state index contributed by atoms with van der Waals surface area (Å²) in [7, 11) is 0. The zero-order valence-electron chi connectivity index (χ0n) is 15.4. The number of rotatable bonds is 8. The Hall–Kier alpha value is -2.80. The van der Waals surface area contributed by atoms with Crippen molar-refractivity contribution in [1.82, 2.24) is 14.8 Å². The molecular formula is C20H22N4O2S. The number of ether oxygens (including phenoxy) is 1. The maximum atomic E-state index is 12.9. The molecule has 0 fully saturated rings. The molecule has 2 aromatic carbocycles. The van der Waals surface area contributed by atoms with Gasteiger partial charge in [0.05, 0.1) is 5.88 Å². The van der Waals surface area contributed by atoms with Gasteiger partial charge >= 0.3 is 0 Å². The molecule has 0 aliphatic carbocycles. The summed E-state index contributed by atoms with van der Waals surface area (Å²) in [6.45, 7) is 4.16. The third-order valence-corrected chi connectivity index (χ3v) is 4.71. The molecule has 0 aliphatic heterocycles. The Morgan fingerprint density at radius 1 is 1.07 bits per heavy atom. The fourth-order valence-electron chi connectivity index (χ4n) is 2.38. The molecule has 1 aromatic heterocycles. The van der Waals surface area contributed by atoms with Crippen LogP contribution in [0, 0.1) is 6.92 Å². The Morgan fingerprint density at radius 2 is 1.81 bits per heavy atom. The van der Waals surface area contributed by atoms with Gasteiger partial charge in [-0.05, 0) is 36.9 Å². The molecule has 0 unspecified atom stereocenters. The van der Waals surface area contributed by atoms with Crippen LogP contribution in [0.5, 0.6) is 5.75 Å². The van der Waals surface area contributed by atoms with Crippen LogP contribution < -0.4 is 15.6 Å². The standard InChI is InChI=1S/C20H22N4O2S/c1-3-27-14-24-19(25)18(13-26-17-7-5-4-6-8-17)22-23-20(24)21-16-11-9-15(2)10-12-16/h4-12H,3,13-14H2,1-2H3,(H,21,23). The van der Waals surface area contributed by atoms with Crippen molar-refractivity contribution in [3.05, 3.63) is 76.2 Å². The summed E-state index contributed by atoms with van der Waals surface area (Å²) in [5.74, 6) is 2.51. The number of hydrogen-bond acceptors (Lipinski definition) is 6. The van der Waals surface area contributed by atoms with E-state index in [0.29, 0.717) is 17.6 Å². The Bertz CT molecular complexity index is 927. The number of nitrogens with zero attached hydrogens (tertiary/aromatic N) is 3. The highest BCUT2D eigenvalue weighted by Crippen LogP contribution is 2.16. The van der Waals surface area contributed by atoms with E-state index in [9.17, 15) is 4.79 Å². The van der Waals surface area contributed by atoms with Crippen LogP contribution in [0.4, 0.5) is 11.6 Å². The van der Waals surface area contributed by atoms with Crippen LogP contribution in [0.2, 0.25) is 0 Å². The molecule has 0 saturated carbocycles. The minimum atomic E-state index is -0.198. The van der Waals surface area contributed by atoms with Crippen molar-refractivity contribution >= 4 is 23.4 Å². The first-order valence-electron chi connectivity index (χ1n) is 8.73. The van der Waals surface area contributed by atoms with Crippen LogP contribution in [0.15, 0.2) is 59.4 Å². The van der Waals surface area contributed by atoms with E-state index in [-0.39, 0.29) is 17.9 Å². The lowest BCUT2D eigenvalue weighted by Crippen LogP contribution is -2.29. The van der Waals surface area contributed by atoms with E-state index >= 15 is 0 Å². The number of thioether (sulfide) groups is 1. The van der Waals surface area contributed by atoms with Crippen molar-refractivity contribution in [1.29, 1.82) is 0 Å². The van der Waals surface area contributed by atoms with Gasteiger partial charge in [0, 0.05) is 5.69 Å². The monoisotopic (exact) mass is 382 g/mol. The van der Waals surface area contributed by atoms with Crippen LogP contribution in [0.3, 0.4) is 0 Å². The third kappa shape index (κ3) is 5.10. The molecule has 0 bridgehead atoms. The van der Waals surface area contributed by atoms with Crippen LogP contribution >= 0.6 is 11.8 Å². The largest absolute Gasteiger partial charge is 0.487 e. The van der Waals surface area contributed by atoms with E-state index < -0.39 is 0 Å². The van der Waals surface area contributed by atoms with Crippen LogP contribution in [-0.4, -0.2) is 20.5 Å². The van der Waals surface area contributed by atoms with Gasteiger partial charge in [0.25, 0.3) is 5.56 Å². The summed E-state index contributed by atoms with van der Waals surface area (Å²) < 4.78 is 7.26. The second-order valence-corrected chi connectivity index (χ2v) is 7.16. The predicted octanol–water partition coefficient (Wildman–Crippen LogP) is 3.98. The average Bonchev–Trinajstić information content (AvgIpc) is 2.69. The number of benzene rings is 2. The van der Waals surface area contributed by atoms with Crippen LogP contribution in [0.25, 0.3) is 0 Å². The summed E-state index contributed by atoms with van der Waals surface area (Å²) in [5, 5.41) is 11.5. The molecular weight excluding hydrogens is 360 g/mol. The summed E-state index contributed by atoms with van der Waals surface area (Å²) in [6.07, 6.45) is 0. The van der Waals surface area contributed by atoms with E-state index in [1.165, 1.54) is 5.56 Å². The summed E-state index contributed by atoms with van der Waals surface area (Å²) in [6, 6.07) is 17.3. The molecule has 27 heavy (non-hydrogen) atoms. The molecule has 0 amide bonds. The number of anilines is 2. The second-order valence-electron chi connectivity index (χ2n) is 5.92. The molecule has 140 valence electrons. The zero-order valence-corrected chi connectivity index (χ0v) is 16.2. The Balaban J connectivity index is 1.84. The van der Waals surface area contributed by atoms with E-state index in [1.54, 1.807) is 16.3 Å². The lowest BCUT2D eigenvalue weighted by Gasteiger charge is -2.14. The van der Waals surface area contributed by atoms with E-state index in [2.05, 4.69) is 22.4 Å². The topological polar surface area (TPSA) is 69.0 Å². The van der Waals surface area contributed by atoms with Gasteiger partial charge in [-0.2, -0.15) is 0 Å². The molecule has 3 rings (SSSR count). The van der Waals surface area contributed by atoms with E-state index in [4.69, 9.17) is 4.74 Å². The van der Waals surface area contributed by atoms with Gasteiger partial charge in [0.2, 0.25) is 5.95 Å². The molecule has 0 atom stereocenters. The summed E-state index contributed by atoms with van der Waals surface area (Å²) >= 11 is 1.64. The minimum Gasteiger partial charge on any atom is -0.487 e. The Morgan fingerprint density at radius 3 is 2.52 bits per heavy atom. The van der Waals surface area contributed by atoms with E-state index in [1.807, 2.05) is 61.5 Å². The number of nitrogens with one attached hydrogen (secondary N) is 1. The lowest BCUT2D eigenvalue weighted by molar-refractivity contribution is 0.296. The first-order valence-corrected chi connectivity index (χ1v) is 9.88. The molecule has 7 heteroatoms. The van der Waals surface area contributed by atoms with Gasteiger partial charge in [-0.25, -0.2) is 0 Å². The highest BCUT2D eigenvalue weighted by molar-refractivity contribution is 7.98. The van der Waals surface area contributed by atoms with E-state index in [0.717, 1.165) is 11.4 Å². The second kappa shape index (κ2) is 9.23. The first-order chi connectivity index (χ1) is 13.2. The van der Waals surface area contributed by atoms with Gasteiger partial charge in [-0.1, -0.05) is 42.8 Å². The average molecular weight is 382 g/mol. The van der Waals surface area contributed by atoms with Gasteiger partial charge < -0.3 is 10.1 Å². The number of aromatic nitrogens is 3. The lowest BCUT2D eigenvalue weighted by atomic mass is 10.2. The smallest absolute Gasteiger partial charge is 0.281 e. The molecule has 0 spiro atoms. The number of para-hydroxylation sites is 1. The summed E-state index contributed by atoms with van der Waals surface area (Å²) in [4.78, 5) is 12.9. The zero-order chi connectivity index (χ0) is 19.1. The third-order valence-electron chi connectivity index (χ3n) is 3.86. The van der Waals surface area contributed by atoms with Crippen LogP contribution in [-0.2, 0) is 12.5 Å². The van der Waals surface area contributed by atoms with Gasteiger partial charge in [0.1, 0.15) is 12.4 Å².